The van der Waals surface area contributed by atoms with Gasteiger partial charge in [0.15, 0.2) is 0 Å². The smallest absolute Gasteiger partial charge is 0.367 e. The Morgan fingerprint density at radius 1 is 1.12 bits per heavy atom. The topological polar surface area (TPSA) is 83.9 Å². The Morgan fingerprint density at radius 3 is 2.44 bits per heavy atom. The van der Waals surface area contributed by atoms with Gasteiger partial charge in [-0.1, -0.05) is 0 Å². The summed E-state index contributed by atoms with van der Waals surface area (Å²) >= 11 is 0. The van der Waals surface area contributed by atoms with Crippen molar-refractivity contribution in [3.05, 3.63) is 42.4 Å². The molecule has 1 aliphatic heterocycles. The minimum Gasteiger partial charge on any atom is -0.367 e. The fraction of sp³-hybridized carbons (Fsp3) is 0.400. The Labute approximate surface area is 141 Å². The molecular weight excluding hydrogens is 337 g/mol. The Balaban J connectivity index is 1.57. The van der Waals surface area contributed by atoms with Gasteiger partial charge in [0.05, 0.1) is 5.56 Å². The summed E-state index contributed by atoms with van der Waals surface area (Å²) < 4.78 is 38.0. The maximum atomic E-state index is 12.7. The number of carbonyl (C=O) groups excluding carboxylic acids is 1. The van der Waals surface area contributed by atoms with Gasteiger partial charge in [-0.2, -0.15) is 13.2 Å². The molecule has 10 heteroatoms. The Bertz CT molecular complexity index is 732. The first-order valence-corrected chi connectivity index (χ1v) is 7.63. The van der Waals surface area contributed by atoms with Crippen LogP contribution in [0.5, 0.6) is 0 Å². The van der Waals surface area contributed by atoms with Gasteiger partial charge in [-0.25, -0.2) is 19.9 Å². The van der Waals surface area contributed by atoms with Gasteiger partial charge in [0, 0.05) is 37.6 Å². The number of alkyl halides is 3. The molecule has 3 heterocycles. The van der Waals surface area contributed by atoms with Gasteiger partial charge in [0.2, 0.25) is 0 Å². The fourth-order valence-corrected chi connectivity index (χ4v) is 2.62. The van der Waals surface area contributed by atoms with E-state index in [4.69, 9.17) is 0 Å². The largest absolute Gasteiger partial charge is 0.433 e. The second-order valence-corrected chi connectivity index (χ2v) is 5.62. The number of hydrogen-bond donors (Lipinski definition) is 1. The van der Waals surface area contributed by atoms with E-state index in [1.807, 2.05) is 0 Å². The molecule has 2 aromatic heterocycles. The van der Waals surface area contributed by atoms with Crippen LogP contribution in [-0.4, -0.2) is 49.9 Å². The second kappa shape index (κ2) is 6.99. The molecule has 1 fully saturated rings. The summed E-state index contributed by atoms with van der Waals surface area (Å²) in [5.41, 5.74) is -0.568. The second-order valence-electron chi connectivity index (χ2n) is 5.62. The molecule has 7 nitrogen and oxygen atoms in total. The lowest BCUT2D eigenvalue weighted by molar-refractivity contribution is -0.141. The summed E-state index contributed by atoms with van der Waals surface area (Å²) in [5, 5.41) is 2.98. The zero-order valence-corrected chi connectivity index (χ0v) is 13.1. The Hall–Kier alpha value is -2.78. The average molecular weight is 352 g/mol. The number of piperidine rings is 1. The zero-order valence-electron chi connectivity index (χ0n) is 13.1. The van der Waals surface area contributed by atoms with Crippen LogP contribution in [0.4, 0.5) is 19.0 Å². The van der Waals surface area contributed by atoms with Gasteiger partial charge in [-0.3, -0.25) is 4.79 Å². The standard InChI is InChI=1S/C15H15F3N6O/c16-15(17,18)12-5-13(22-9-21-12)23-11-1-3-24(4-2-11)14(25)10-6-19-8-20-7-10/h5-9,11H,1-4H2,(H,21,22,23). The molecule has 0 radical (unpaired) electrons. The highest BCUT2D eigenvalue weighted by Gasteiger charge is 2.33. The molecule has 0 bridgehead atoms. The van der Waals surface area contributed by atoms with Crippen LogP contribution in [0.25, 0.3) is 0 Å². The molecule has 132 valence electrons. The number of rotatable bonds is 3. The van der Waals surface area contributed by atoms with Gasteiger partial charge in [0.25, 0.3) is 5.91 Å². The molecule has 0 saturated carbocycles. The number of likely N-dealkylation sites (tertiary alicyclic amines) is 1. The molecule has 2 aromatic rings. The summed E-state index contributed by atoms with van der Waals surface area (Å²) in [4.78, 5) is 28.7. The van der Waals surface area contributed by atoms with E-state index in [9.17, 15) is 18.0 Å². The maximum Gasteiger partial charge on any atom is 0.433 e. The van der Waals surface area contributed by atoms with Gasteiger partial charge in [-0.05, 0) is 12.8 Å². The summed E-state index contributed by atoms with van der Waals surface area (Å²) in [5.74, 6) is -0.0241. The molecule has 3 rings (SSSR count). The first-order valence-electron chi connectivity index (χ1n) is 7.63. The van der Waals surface area contributed by atoms with Crippen molar-refractivity contribution in [1.29, 1.82) is 0 Å². The van der Waals surface area contributed by atoms with Crippen molar-refractivity contribution < 1.29 is 18.0 Å². The number of halogens is 3. The minimum atomic E-state index is -4.51. The number of nitrogens with one attached hydrogen (secondary N) is 1. The Kier molecular flexibility index (Phi) is 4.77. The number of carbonyl (C=O) groups is 1. The highest BCUT2D eigenvalue weighted by Crippen LogP contribution is 2.28. The van der Waals surface area contributed by atoms with Crippen molar-refractivity contribution in [2.45, 2.75) is 25.1 Å². The average Bonchev–Trinajstić information content (AvgIpc) is 2.62. The predicted octanol–water partition coefficient (Wildman–Crippen LogP) is 2.00. The van der Waals surface area contributed by atoms with Crippen LogP contribution >= 0.6 is 0 Å². The van der Waals surface area contributed by atoms with Crippen molar-refractivity contribution in [3.63, 3.8) is 0 Å². The molecule has 0 atom stereocenters. The van der Waals surface area contributed by atoms with Crippen molar-refractivity contribution in [1.82, 2.24) is 24.8 Å². The van der Waals surface area contributed by atoms with E-state index >= 15 is 0 Å². The predicted molar refractivity (Wildman–Crippen MR) is 81.6 cm³/mol. The van der Waals surface area contributed by atoms with Gasteiger partial charge >= 0.3 is 6.18 Å². The summed E-state index contributed by atoms with van der Waals surface area (Å²) in [6.45, 7) is 0.977. The molecule has 1 N–H and O–H groups in total. The lowest BCUT2D eigenvalue weighted by Crippen LogP contribution is -2.42. The summed E-state index contributed by atoms with van der Waals surface area (Å²) in [6.07, 6.45) is 1.85. The molecule has 1 amide bonds. The lowest BCUT2D eigenvalue weighted by atomic mass is 10.0. The molecule has 0 aliphatic carbocycles. The van der Waals surface area contributed by atoms with Gasteiger partial charge < -0.3 is 10.2 Å². The fourth-order valence-electron chi connectivity index (χ4n) is 2.62. The molecule has 1 aliphatic rings. The first kappa shape index (κ1) is 17.1. The molecule has 1 saturated heterocycles. The van der Waals surface area contributed by atoms with Gasteiger partial charge in [0.1, 0.15) is 24.2 Å². The van der Waals surface area contributed by atoms with Crippen molar-refractivity contribution in [2.75, 3.05) is 18.4 Å². The van der Waals surface area contributed by atoms with Crippen LogP contribution in [0.1, 0.15) is 28.9 Å². The SMILES string of the molecule is O=C(c1cncnc1)N1CCC(Nc2cc(C(F)(F)F)ncn2)CC1. The van der Waals surface area contributed by atoms with Crippen LogP contribution in [-0.2, 0) is 6.18 Å². The number of amides is 1. The van der Waals surface area contributed by atoms with E-state index in [1.165, 1.54) is 18.7 Å². The third-order valence-corrected chi connectivity index (χ3v) is 3.90. The van der Waals surface area contributed by atoms with E-state index < -0.39 is 11.9 Å². The third kappa shape index (κ3) is 4.20. The van der Waals surface area contributed by atoms with Crippen LogP contribution in [0.2, 0.25) is 0 Å². The summed E-state index contributed by atoms with van der Waals surface area (Å²) in [6, 6.07) is 0.825. The number of nitrogens with zero attached hydrogens (tertiary/aromatic N) is 5. The first-order chi connectivity index (χ1) is 11.9. The number of aromatic nitrogens is 4. The third-order valence-electron chi connectivity index (χ3n) is 3.90. The number of anilines is 1. The van der Waals surface area contributed by atoms with E-state index in [-0.39, 0.29) is 17.8 Å². The van der Waals surface area contributed by atoms with Crippen LogP contribution < -0.4 is 5.32 Å². The Morgan fingerprint density at radius 2 is 1.80 bits per heavy atom. The van der Waals surface area contributed by atoms with E-state index in [0.29, 0.717) is 31.5 Å². The quantitative estimate of drug-likeness (QED) is 0.910. The van der Waals surface area contributed by atoms with E-state index in [0.717, 1.165) is 12.4 Å². The van der Waals surface area contributed by atoms with Crippen molar-refractivity contribution in [3.8, 4) is 0 Å². The van der Waals surface area contributed by atoms with Crippen LogP contribution in [0.3, 0.4) is 0 Å². The highest BCUT2D eigenvalue weighted by molar-refractivity contribution is 5.93. The van der Waals surface area contributed by atoms with E-state index in [1.54, 1.807) is 4.90 Å². The monoisotopic (exact) mass is 352 g/mol. The van der Waals surface area contributed by atoms with Crippen LogP contribution in [0.15, 0.2) is 31.1 Å². The summed E-state index contributed by atoms with van der Waals surface area (Å²) in [7, 11) is 0. The van der Waals surface area contributed by atoms with E-state index in [2.05, 4.69) is 25.3 Å². The van der Waals surface area contributed by atoms with Gasteiger partial charge in [-0.15, -0.1) is 0 Å². The normalized spacial score (nSPS) is 15.9. The molecule has 0 aromatic carbocycles. The molecule has 0 spiro atoms. The maximum absolute atomic E-state index is 12.7. The lowest BCUT2D eigenvalue weighted by Gasteiger charge is -2.32. The minimum absolute atomic E-state index is 0.0629. The molecule has 0 unspecified atom stereocenters. The van der Waals surface area contributed by atoms with Crippen molar-refractivity contribution >= 4 is 11.7 Å². The van der Waals surface area contributed by atoms with Crippen LogP contribution in [0, 0.1) is 0 Å². The zero-order chi connectivity index (χ0) is 17.9. The van der Waals surface area contributed by atoms with Crippen molar-refractivity contribution in [2.24, 2.45) is 0 Å². The molecule has 25 heavy (non-hydrogen) atoms. The molecular formula is C15H15F3N6O. The highest BCUT2D eigenvalue weighted by atomic mass is 19.4. The number of hydrogen-bond acceptors (Lipinski definition) is 6.